The molecule has 0 saturated heterocycles. The molecule has 0 fully saturated rings. The van der Waals surface area contributed by atoms with Crippen LogP contribution in [0.25, 0.3) is 0 Å². The zero-order chi connectivity index (χ0) is 16.3. The van der Waals surface area contributed by atoms with Crippen LogP contribution in [-0.4, -0.2) is 38.8 Å². The molecule has 1 atom stereocenters. The molecule has 118 valence electrons. The maximum absolute atomic E-state index is 8.91. The molecule has 0 aromatic carbocycles. The lowest BCUT2D eigenvalue weighted by Gasteiger charge is -2.21. The molecule has 1 unspecified atom stereocenters. The third kappa shape index (κ3) is 10.1. The average Bonchev–Trinajstić information content (AvgIpc) is 2.43. The molecule has 0 spiro atoms. The SMILES string of the molecule is COC/C=C(/C)CC/C=C(\C)CC(/C=C(\C)C#N)N(C)C. The molecule has 0 rings (SSSR count). The van der Waals surface area contributed by atoms with Crippen molar-refractivity contribution in [2.75, 3.05) is 27.8 Å². The summed E-state index contributed by atoms with van der Waals surface area (Å²) in [5.74, 6) is 0. The summed E-state index contributed by atoms with van der Waals surface area (Å²) in [5.41, 5.74) is 3.51. The van der Waals surface area contributed by atoms with Crippen molar-refractivity contribution in [3.05, 3.63) is 34.9 Å². The highest BCUT2D eigenvalue weighted by atomic mass is 16.5. The molecule has 0 aromatic rings. The van der Waals surface area contributed by atoms with E-state index in [0.717, 1.165) is 24.8 Å². The monoisotopic (exact) mass is 290 g/mol. The highest BCUT2D eigenvalue weighted by Crippen LogP contribution is 2.14. The highest BCUT2D eigenvalue weighted by molar-refractivity contribution is 5.21. The van der Waals surface area contributed by atoms with E-state index in [9.17, 15) is 0 Å². The Bertz CT molecular complexity index is 425. The maximum atomic E-state index is 8.91. The Balaban J connectivity index is 4.47. The van der Waals surface area contributed by atoms with Gasteiger partial charge in [0.25, 0.3) is 0 Å². The second-order valence-electron chi connectivity index (χ2n) is 5.79. The summed E-state index contributed by atoms with van der Waals surface area (Å²) in [6.07, 6.45) is 9.56. The van der Waals surface area contributed by atoms with Gasteiger partial charge in [-0.05, 0) is 54.1 Å². The molecular formula is C18H30N2O. The second-order valence-corrected chi connectivity index (χ2v) is 5.79. The molecule has 0 radical (unpaired) electrons. The van der Waals surface area contributed by atoms with Crippen molar-refractivity contribution in [3.63, 3.8) is 0 Å². The third-order valence-electron chi connectivity index (χ3n) is 3.44. The van der Waals surface area contributed by atoms with Crippen LogP contribution in [0.5, 0.6) is 0 Å². The van der Waals surface area contributed by atoms with Gasteiger partial charge in [0.05, 0.1) is 12.7 Å². The van der Waals surface area contributed by atoms with Crippen molar-refractivity contribution in [1.82, 2.24) is 4.90 Å². The van der Waals surface area contributed by atoms with E-state index in [2.05, 4.69) is 51.1 Å². The Hall–Kier alpha value is -1.37. The van der Waals surface area contributed by atoms with Crippen LogP contribution < -0.4 is 0 Å². The first-order valence-corrected chi connectivity index (χ1v) is 7.45. The summed E-state index contributed by atoms with van der Waals surface area (Å²) in [7, 11) is 5.82. The summed E-state index contributed by atoms with van der Waals surface area (Å²) in [5, 5.41) is 8.91. The number of ether oxygens (including phenoxy) is 1. The molecule has 0 aliphatic heterocycles. The van der Waals surface area contributed by atoms with Crippen LogP contribution >= 0.6 is 0 Å². The van der Waals surface area contributed by atoms with Crippen LogP contribution in [0.3, 0.4) is 0 Å². The van der Waals surface area contributed by atoms with E-state index in [1.807, 2.05) is 13.0 Å². The molecule has 0 N–H and O–H groups in total. The number of methoxy groups -OCH3 is 1. The van der Waals surface area contributed by atoms with Crippen LogP contribution in [0.15, 0.2) is 34.9 Å². The van der Waals surface area contributed by atoms with Gasteiger partial charge in [0.1, 0.15) is 0 Å². The minimum atomic E-state index is 0.283. The van der Waals surface area contributed by atoms with Crippen molar-refractivity contribution in [2.24, 2.45) is 0 Å². The zero-order valence-electron chi connectivity index (χ0n) is 14.4. The number of nitrogens with zero attached hydrogens (tertiary/aromatic N) is 2. The van der Waals surface area contributed by atoms with Gasteiger partial charge in [-0.25, -0.2) is 0 Å². The van der Waals surface area contributed by atoms with Crippen molar-refractivity contribution in [1.29, 1.82) is 5.26 Å². The summed E-state index contributed by atoms with van der Waals surface area (Å²) in [6.45, 7) is 6.86. The fourth-order valence-corrected chi connectivity index (χ4v) is 2.00. The predicted octanol–water partition coefficient (Wildman–Crippen LogP) is 4.10. The largest absolute Gasteiger partial charge is 0.381 e. The standard InChI is InChI=1S/C18H30N2O/c1-15(10-11-21-6)8-7-9-16(2)12-18(20(4)5)13-17(3)14-19/h9-10,13,18H,7-8,11-12H2,1-6H3/b15-10-,16-9+,17-13+. The normalized spacial score (nSPS) is 15.2. The molecule has 0 aromatic heterocycles. The number of likely N-dealkylation sites (N-methyl/N-ethyl adjacent to an activating group) is 1. The van der Waals surface area contributed by atoms with Crippen molar-refractivity contribution in [3.8, 4) is 6.07 Å². The predicted molar refractivity (Wildman–Crippen MR) is 90.1 cm³/mol. The Kier molecular flexibility index (Phi) is 10.6. The Morgan fingerprint density at radius 1 is 1.19 bits per heavy atom. The smallest absolute Gasteiger partial charge is 0.0941 e. The molecule has 0 heterocycles. The van der Waals surface area contributed by atoms with Gasteiger partial charge in [-0.3, -0.25) is 0 Å². The average molecular weight is 290 g/mol. The van der Waals surface area contributed by atoms with Crippen molar-refractivity contribution in [2.45, 2.75) is 46.1 Å². The lowest BCUT2D eigenvalue weighted by atomic mass is 10.0. The Labute approximate surface area is 130 Å². The molecule has 0 aliphatic rings. The fraction of sp³-hybridized carbons (Fsp3) is 0.611. The minimum Gasteiger partial charge on any atom is -0.381 e. The van der Waals surface area contributed by atoms with E-state index in [-0.39, 0.29) is 6.04 Å². The lowest BCUT2D eigenvalue weighted by molar-refractivity contribution is 0.233. The molecule has 0 amide bonds. The molecule has 0 saturated carbocycles. The van der Waals surface area contributed by atoms with Gasteiger partial charge in [0.2, 0.25) is 0 Å². The van der Waals surface area contributed by atoms with Crippen LogP contribution in [0.1, 0.15) is 40.0 Å². The van der Waals surface area contributed by atoms with E-state index in [1.54, 1.807) is 7.11 Å². The van der Waals surface area contributed by atoms with Gasteiger partial charge >= 0.3 is 0 Å². The molecule has 0 bridgehead atoms. The van der Waals surface area contributed by atoms with Crippen molar-refractivity contribution < 1.29 is 4.74 Å². The quantitative estimate of drug-likeness (QED) is 0.474. The van der Waals surface area contributed by atoms with Crippen LogP contribution in [0.4, 0.5) is 0 Å². The lowest BCUT2D eigenvalue weighted by Crippen LogP contribution is -2.26. The van der Waals surface area contributed by atoms with Crippen LogP contribution in [0.2, 0.25) is 0 Å². The first kappa shape index (κ1) is 19.6. The fourth-order valence-electron chi connectivity index (χ4n) is 2.00. The topological polar surface area (TPSA) is 36.3 Å². The van der Waals surface area contributed by atoms with Crippen LogP contribution in [0, 0.1) is 11.3 Å². The van der Waals surface area contributed by atoms with Crippen LogP contribution in [-0.2, 0) is 4.74 Å². The molecule has 21 heavy (non-hydrogen) atoms. The number of hydrogen-bond acceptors (Lipinski definition) is 3. The number of nitriles is 1. The zero-order valence-corrected chi connectivity index (χ0v) is 14.4. The number of hydrogen-bond donors (Lipinski definition) is 0. The van der Waals surface area contributed by atoms with Gasteiger partial charge in [-0.15, -0.1) is 0 Å². The third-order valence-corrected chi connectivity index (χ3v) is 3.44. The van der Waals surface area contributed by atoms with Gasteiger partial charge in [-0.2, -0.15) is 5.26 Å². The van der Waals surface area contributed by atoms with Gasteiger partial charge in [0.15, 0.2) is 0 Å². The first-order chi connectivity index (χ1) is 9.90. The van der Waals surface area contributed by atoms with E-state index in [4.69, 9.17) is 10.00 Å². The summed E-state index contributed by atoms with van der Waals surface area (Å²) in [6, 6.07) is 2.48. The van der Waals surface area contributed by atoms with E-state index >= 15 is 0 Å². The maximum Gasteiger partial charge on any atom is 0.0941 e. The Morgan fingerprint density at radius 3 is 2.38 bits per heavy atom. The number of rotatable bonds is 9. The second kappa shape index (κ2) is 11.3. The van der Waals surface area contributed by atoms with Gasteiger partial charge < -0.3 is 9.64 Å². The molecule has 3 heteroatoms. The van der Waals surface area contributed by atoms with Gasteiger partial charge in [0, 0.05) is 18.7 Å². The highest BCUT2D eigenvalue weighted by Gasteiger charge is 2.09. The first-order valence-electron chi connectivity index (χ1n) is 7.45. The summed E-state index contributed by atoms with van der Waals surface area (Å²) < 4.78 is 5.04. The molecule has 3 nitrogen and oxygen atoms in total. The molecular weight excluding hydrogens is 260 g/mol. The Morgan fingerprint density at radius 2 is 1.86 bits per heavy atom. The van der Waals surface area contributed by atoms with E-state index in [0.29, 0.717) is 6.61 Å². The van der Waals surface area contributed by atoms with E-state index < -0.39 is 0 Å². The summed E-state index contributed by atoms with van der Waals surface area (Å²) in [4.78, 5) is 2.15. The van der Waals surface area contributed by atoms with Gasteiger partial charge in [-0.1, -0.05) is 29.4 Å². The number of allylic oxidation sites excluding steroid dienone is 3. The minimum absolute atomic E-state index is 0.283. The van der Waals surface area contributed by atoms with E-state index in [1.165, 1.54) is 11.1 Å². The molecule has 0 aliphatic carbocycles. The van der Waals surface area contributed by atoms with Crippen molar-refractivity contribution >= 4 is 0 Å². The summed E-state index contributed by atoms with van der Waals surface area (Å²) >= 11 is 0.